The van der Waals surface area contributed by atoms with Crippen molar-refractivity contribution < 1.29 is 4.52 Å². The van der Waals surface area contributed by atoms with Crippen molar-refractivity contribution in [3.8, 4) is 0 Å². The lowest BCUT2D eigenvalue weighted by Crippen LogP contribution is -2.03. The van der Waals surface area contributed by atoms with Gasteiger partial charge in [0.05, 0.1) is 5.69 Å². The minimum absolute atomic E-state index is 0.865. The first-order valence-corrected chi connectivity index (χ1v) is 3.99. The number of aryl methyl sites for hydroxylation is 2. The first-order chi connectivity index (χ1) is 5.75. The molecule has 1 rings (SSSR count). The monoisotopic (exact) mass is 166 g/mol. The van der Waals surface area contributed by atoms with Crippen LogP contribution in [0.1, 0.15) is 17.0 Å². The molecule has 0 amide bonds. The van der Waals surface area contributed by atoms with Crippen LogP contribution >= 0.6 is 0 Å². The Bertz CT molecular complexity index is 257. The van der Waals surface area contributed by atoms with Crippen molar-refractivity contribution in [2.24, 2.45) is 0 Å². The Balaban J connectivity index is 2.73. The standard InChI is InChI=1S/C9H14N2O/c1-7-9(5-4-6-10-3)8(2)12-11-7/h4-5,10H,6H2,1-3H3/b5-4+. The minimum Gasteiger partial charge on any atom is -0.361 e. The van der Waals surface area contributed by atoms with E-state index in [0.29, 0.717) is 0 Å². The Kier molecular flexibility index (Phi) is 3.05. The highest BCUT2D eigenvalue weighted by atomic mass is 16.5. The van der Waals surface area contributed by atoms with Gasteiger partial charge in [-0.15, -0.1) is 0 Å². The molecule has 0 saturated heterocycles. The summed E-state index contributed by atoms with van der Waals surface area (Å²) in [5.41, 5.74) is 2.03. The van der Waals surface area contributed by atoms with Gasteiger partial charge in [0.25, 0.3) is 0 Å². The summed E-state index contributed by atoms with van der Waals surface area (Å²) in [4.78, 5) is 0. The van der Waals surface area contributed by atoms with E-state index < -0.39 is 0 Å². The predicted octanol–water partition coefficient (Wildman–Crippen LogP) is 1.52. The smallest absolute Gasteiger partial charge is 0.141 e. The van der Waals surface area contributed by atoms with Crippen LogP contribution < -0.4 is 5.32 Å². The third-order valence-corrected chi connectivity index (χ3v) is 1.70. The average molecular weight is 166 g/mol. The molecular formula is C9H14N2O. The largest absolute Gasteiger partial charge is 0.361 e. The first kappa shape index (κ1) is 9.00. The summed E-state index contributed by atoms with van der Waals surface area (Å²) in [6, 6.07) is 0. The molecule has 0 aliphatic carbocycles. The number of nitrogens with zero attached hydrogens (tertiary/aromatic N) is 1. The fraction of sp³-hybridized carbons (Fsp3) is 0.444. The summed E-state index contributed by atoms with van der Waals surface area (Å²) in [6.07, 6.45) is 4.07. The predicted molar refractivity (Wildman–Crippen MR) is 48.9 cm³/mol. The molecule has 0 fully saturated rings. The Morgan fingerprint density at radius 1 is 1.50 bits per heavy atom. The van der Waals surface area contributed by atoms with Gasteiger partial charge < -0.3 is 9.84 Å². The molecule has 1 heterocycles. The van der Waals surface area contributed by atoms with Crippen molar-refractivity contribution in [1.82, 2.24) is 10.5 Å². The van der Waals surface area contributed by atoms with Crippen LogP contribution in [0.2, 0.25) is 0 Å². The molecule has 0 aliphatic heterocycles. The molecule has 12 heavy (non-hydrogen) atoms. The summed E-state index contributed by atoms with van der Waals surface area (Å²) in [5.74, 6) is 0.875. The molecule has 66 valence electrons. The van der Waals surface area contributed by atoms with Crippen LogP contribution in [-0.2, 0) is 0 Å². The van der Waals surface area contributed by atoms with Gasteiger partial charge in [0.15, 0.2) is 0 Å². The van der Waals surface area contributed by atoms with Gasteiger partial charge in [-0.25, -0.2) is 0 Å². The van der Waals surface area contributed by atoms with E-state index in [1.54, 1.807) is 0 Å². The lowest BCUT2D eigenvalue weighted by atomic mass is 10.2. The van der Waals surface area contributed by atoms with Gasteiger partial charge in [-0.2, -0.15) is 0 Å². The molecule has 0 bridgehead atoms. The van der Waals surface area contributed by atoms with Gasteiger partial charge >= 0.3 is 0 Å². The second kappa shape index (κ2) is 4.07. The highest BCUT2D eigenvalue weighted by molar-refractivity contribution is 5.53. The molecule has 1 aromatic heterocycles. The van der Waals surface area contributed by atoms with Crippen LogP contribution in [-0.4, -0.2) is 18.7 Å². The number of hydrogen-bond donors (Lipinski definition) is 1. The highest BCUT2D eigenvalue weighted by Crippen LogP contribution is 2.13. The van der Waals surface area contributed by atoms with Crippen LogP contribution in [0.3, 0.4) is 0 Å². The Hall–Kier alpha value is -1.09. The van der Waals surface area contributed by atoms with Crippen molar-refractivity contribution in [2.75, 3.05) is 13.6 Å². The van der Waals surface area contributed by atoms with Gasteiger partial charge in [0, 0.05) is 12.1 Å². The van der Waals surface area contributed by atoms with Crippen LogP contribution in [0.5, 0.6) is 0 Å². The molecule has 0 saturated carbocycles. The van der Waals surface area contributed by atoms with Gasteiger partial charge in [0.1, 0.15) is 5.76 Å². The van der Waals surface area contributed by atoms with E-state index in [-0.39, 0.29) is 0 Å². The van der Waals surface area contributed by atoms with Gasteiger partial charge in [-0.3, -0.25) is 0 Å². The Morgan fingerprint density at radius 3 is 2.75 bits per heavy atom. The quantitative estimate of drug-likeness (QED) is 0.740. The summed E-state index contributed by atoms with van der Waals surface area (Å²) in [7, 11) is 1.91. The lowest BCUT2D eigenvalue weighted by molar-refractivity contribution is 0.393. The molecule has 0 aliphatic rings. The normalized spacial score (nSPS) is 11.2. The molecule has 3 heteroatoms. The van der Waals surface area contributed by atoms with Crippen molar-refractivity contribution in [3.63, 3.8) is 0 Å². The number of likely N-dealkylation sites (N-methyl/N-ethyl adjacent to an activating group) is 1. The van der Waals surface area contributed by atoms with Crippen LogP contribution in [0, 0.1) is 13.8 Å². The maximum atomic E-state index is 5.00. The molecule has 0 aromatic carbocycles. The van der Waals surface area contributed by atoms with Crippen LogP contribution in [0.4, 0.5) is 0 Å². The van der Waals surface area contributed by atoms with E-state index in [2.05, 4.69) is 10.5 Å². The van der Waals surface area contributed by atoms with Gasteiger partial charge in [-0.1, -0.05) is 17.3 Å². The van der Waals surface area contributed by atoms with Gasteiger partial charge in [0.2, 0.25) is 0 Å². The zero-order chi connectivity index (χ0) is 8.97. The second-order valence-electron chi connectivity index (χ2n) is 2.70. The molecule has 0 radical (unpaired) electrons. The fourth-order valence-corrected chi connectivity index (χ4v) is 1.02. The molecule has 0 spiro atoms. The number of hydrogen-bond acceptors (Lipinski definition) is 3. The molecule has 0 unspecified atom stereocenters. The third-order valence-electron chi connectivity index (χ3n) is 1.70. The molecular weight excluding hydrogens is 152 g/mol. The highest BCUT2D eigenvalue weighted by Gasteiger charge is 2.03. The molecule has 1 N–H and O–H groups in total. The van der Waals surface area contributed by atoms with E-state index >= 15 is 0 Å². The summed E-state index contributed by atoms with van der Waals surface area (Å²) < 4.78 is 5.00. The van der Waals surface area contributed by atoms with Gasteiger partial charge in [-0.05, 0) is 20.9 Å². The maximum Gasteiger partial charge on any atom is 0.141 e. The van der Waals surface area contributed by atoms with Crippen molar-refractivity contribution in [2.45, 2.75) is 13.8 Å². The third kappa shape index (κ3) is 1.95. The van der Waals surface area contributed by atoms with E-state index in [9.17, 15) is 0 Å². The second-order valence-corrected chi connectivity index (χ2v) is 2.70. The SMILES string of the molecule is CNC/C=C/c1c(C)noc1C. The zero-order valence-electron chi connectivity index (χ0n) is 7.72. The van der Waals surface area contributed by atoms with Crippen LogP contribution in [0.25, 0.3) is 6.08 Å². The molecule has 0 atom stereocenters. The summed E-state index contributed by atoms with van der Waals surface area (Å²) in [6.45, 7) is 4.72. The first-order valence-electron chi connectivity index (χ1n) is 3.99. The Labute approximate surface area is 72.4 Å². The summed E-state index contributed by atoms with van der Waals surface area (Å²) >= 11 is 0. The average Bonchev–Trinajstić information content (AvgIpc) is 2.35. The number of rotatable bonds is 3. The molecule has 3 nitrogen and oxygen atoms in total. The maximum absolute atomic E-state index is 5.00. The minimum atomic E-state index is 0.865. The molecule has 1 aromatic rings. The van der Waals surface area contributed by atoms with Crippen molar-refractivity contribution >= 4 is 6.08 Å². The number of nitrogens with one attached hydrogen (secondary N) is 1. The van der Waals surface area contributed by atoms with E-state index in [0.717, 1.165) is 23.6 Å². The van der Waals surface area contributed by atoms with E-state index in [4.69, 9.17) is 4.52 Å². The fourth-order valence-electron chi connectivity index (χ4n) is 1.02. The lowest BCUT2D eigenvalue weighted by Gasteiger charge is -1.89. The van der Waals surface area contributed by atoms with Crippen molar-refractivity contribution in [1.29, 1.82) is 0 Å². The van der Waals surface area contributed by atoms with Crippen LogP contribution in [0.15, 0.2) is 10.6 Å². The Morgan fingerprint density at radius 2 is 2.25 bits per heavy atom. The van der Waals surface area contributed by atoms with Crippen molar-refractivity contribution in [3.05, 3.63) is 23.1 Å². The zero-order valence-corrected chi connectivity index (χ0v) is 7.72. The number of aromatic nitrogens is 1. The topological polar surface area (TPSA) is 38.1 Å². The van der Waals surface area contributed by atoms with E-state index in [1.807, 2.05) is 33.0 Å². The summed E-state index contributed by atoms with van der Waals surface area (Å²) in [5, 5.41) is 6.88. The van der Waals surface area contributed by atoms with E-state index in [1.165, 1.54) is 0 Å².